The van der Waals surface area contributed by atoms with E-state index in [-0.39, 0.29) is 0 Å². The molecule has 0 radical (unpaired) electrons. The van der Waals surface area contributed by atoms with Gasteiger partial charge in [-0.3, -0.25) is 4.99 Å². The highest BCUT2D eigenvalue weighted by Gasteiger charge is 1.98. The monoisotopic (exact) mass is 182 g/mol. The van der Waals surface area contributed by atoms with Crippen LogP contribution in [-0.2, 0) is 0 Å². The second-order valence-corrected chi connectivity index (χ2v) is 2.85. The Bertz CT molecular complexity index is 225. The molecule has 0 aliphatic heterocycles. The minimum absolute atomic E-state index is 0.749. The summed E-state index contributed by atoms with van der Waals surface area (Å²) in [6.07, 6.45) is 5.14. The fourth-order valence-corrected chi connectivity index (χ4v) is 0.850. The van der Waals surface area contributed by atoms with E-state index in [2.05, 4.69) is 30.8 Å². The highest BCUT2D eigenvalue weighted by Crippen LogP contribution is 2.03. The minimum Gasteiger partial charge on any atom is -0.309 e. The molecular weight excluding hydrogens is 168 g/mol. The van der Waals surface area contributed by atoms with Crippen molar-refractivity contribution in [2.75, 3.05) is 7.05 Å². The van der Waals surface area contributed by atoms with Crippen molar-refractivity contribution < 1.29 is 0 Å². The van der Waals surface area contributed by atoms with Crippen molar-refractivity contribution in [1.82, 2.24) is 4.90 Å². The van der Waals surface area contributed by atoms with Crippen molar-refractivity contribution in [3.05, 3.63) is 36.5 Å². The summed E-state index contributed by atoms with van der Waals surface area (Å²) in [6, 6.07) is 0. The number of thiol groups is 1. The van der Waals surface area contributed by atoms with Crippen molar-refractivity contribution in [2.24, 2.45) is 4.99 Å². The van der Waals surface area contributed by atoms with Gasteiger partial charge in [0, 0.05) is 19.4 Å². The quantitative estimate of drug-likeness (QED) is 0.402. The minimum atomic E-state index is 0.749. The van der Waals surface area contributed by atoms with Crippen LogP contribution in [0.3, 0.4) is 0 Å². The van der Waals surface area contributed by atoms with Crippen LogP contribution in [0.4, 0.5) is 0 Å². The zero-order valence-corrected chi connectivity index (χ0v) is 8.38. The van der Waals surface area contributed by atoms with Crippen LogP contribution in [0, 0.1) is 0 Å². The second kappa shape index (κ2) is 5.66. The summed E-state index contributed by atoms with van der Waals surface area (Å²) in [5.41, 5.74) is 0. The third kappa shape index (κ3) is 3.44. The van der Waals surface area contributed by atoms with Crippen LogP contribution < -0.4 is 0 Å². The molecule has 0 saturated carbocycles. The van der Waals surface area contributed by atoms with Gasteiger partial charge in [-0.2, -0.15) is 0 Å². The van der Waals surface area contributed by atoms with E-state index >= 15 is 0 Å². The maximum atomic E-state index is 4.15. The van der Waals surface area contributed by atoms with E-state index in [1.165, 1.54) is 0 Å². The van der Waals surface area contributed by atoms with Crippen LogP contribution in [0.15, 0.2) is 41.5 Å². The Balaban J connectivity index is 4.66. The molecule has 0 heterocycles. The number of amidine groups is 1. The number of allylic oxidation sites excluding steroid dienone is 1. The first-order chi connectivity index (χ1) is 5.65. The van der Waals surface area contributed by atoms with E-state index in [4.69, 9.17) is 0 Å². The van der Waals surface area contributed by atoms with Crippen molar-refractivity contribution in [1.29, 1.82) is 0 Å². The Morgan fingerprint density at radius 1 is 1.50 bits per heavy atom. The van der Waals surface area contributed by atoms with Crippen LogP contribution in [0.25, 0.3) is 0 Å². The average Bonchev–Trinajstić information content (AvgIpc) is 2.04. The predicted molar refractivity (Wildman–Crippen MR) is 58.3 cm³/mol. The summed E-state index contributed by atoms with van der Waals surface area (Å²) in [6.45, 7) is 9.17. The van der Waals surface area contributed by atoms with Gasteiger partial charge in [0.15, 0.2) is 0 Å². The van der Waals surface area contributed by atoms with Gasteiger partial charge in [-0.05, 0) is 17.9 Å². The number of rotatable bonds is 3. The molecule has 3 heteroatoms. The predicted octanol–water partition coefficient (Wildman–Crippen LogP) is 2.44. The van der Waals surface area contributed by atoms with Crippen molar-refractivity contribution in [2.45, 2.75) is 6.92 Å². The van der Waals surface area contributed by atoms with E-state index in [0.29, 0.717) is 0 Å². The lowest BCUT2D eigenvalue weighted by molar-refractivity contribution is 0.761. The third-order valence-electron chi connectivity index (χ3n) is 1.20. The molecule has 0 spiro atoms. The Morgan fingerprint density at radius 2 is 2.08 bits per heavy atom. The number of nitrogens with zero attached hydrogens (tertiary/aromatic N) is 2. The first-order valence-corrected chi connectivity index (χ1v) is 3.98. The van der Waals surface area contributed by atoms with Crippen molar-refractivity contribution in [3.8, 4) is 0 Å². The van der Waals surface area contributed by atoms with Crippen LogP contribution in [0.1, 0.15) is 6.92 Å². The third-order valence-corrected chi connectivity index (χ3v) is 1.31. The van der Waals surface area contributed by atoms with Gasteiger partial charge >= 0.3 is 0 Å². The van der Waals surface area contributed by atoms with Crippen LogP contribution in [-0.4, -0.2) is 17.8 Å². The molecule has 0 atom stereocenters. The normalized spacial score (nSPS) is 12.6. The van der Waals surface area contributed by atoms with E-state index in [1.54, 1.807) is 24.2 Å². The molecule has 0 amide bonds. The first-order valence-electron chi connectivity index (χ1n) is 3.53. The highest BCUT2D eigenvalue weighted by molar-refractivity contribution is 7.84. The number of hydrogen-bond donors (Lipinski definition) is 1. The molecule has 2 nitrogen and oxygen atoms in total. The van der Waals surface area contributed by atoms with Gasteiger partial charge in [-0.25, -0.2) is 0 Å². The van der Waals surface area contributed by atoms with Gasteiger partial charge in [0.2, 0.25) is 0 Å². The molecule has 0 aromatic rings. The van der Waals surface area contributed by atoms with E-state index < -0.39 is 0 Å². The lowest BCUT2D eigenvalue weighted by Gasteiger charge is -2.14. The SMILES string of the molecule is C=C/C(=N/C)N(C=C)/C=C(\C)S. The highest BCUT2D eigenvalue weighted by atomic mass is 32.1. The zero-order valence-electron chi connectivity index (χ0n) is 7.49. The number of aliphatic imine (C=N–C) groups is 1. The molecule has 0 rings (SSSR count). The summed E-state index contributed by atoms with van der Waals surface area (Å²) in [7, 11) is 1.70. The van der Waals surface area contributed by atoms with Gasteiger partial charge in [0.25, 0.3) is 0 Å². The molecule has 0 fully saturated rings. The molecule has 0 unspecified atom stereocenters. The smallest absolute Gasteiger partial charge is 0.130 e. The first kappa shape index (κ1) is 11.0. The topological polar surface area (TPSA) is 15.6 Å². The van der Waals surface area contributed by atoms with E-state index in [0.717, 1.165) is 10.7 Å². The summed E-state index contributed by atoms with van der Waals surface area (Å²) in [4.78, 5) is 6.65. The second-order valence-electron chi connectivity index (χ2n) is 2.15. The maximum Gasteiger partial charge on any atom is 0.130 e. The zero-order chi connectivity index (χ0) is 9.56. The van der Waals surface area contributed by atoms with Gasteiger partial charge in [-0.15, -0.1) is 12.6 Å². The van der Waals surface area contributed by atoms with Crippen LogP contribution in [0.5, 0.6) is 0 Å². The molecule has 0 bridgehead atoms. The summed E-state index contributed by atoms with van der Waals surface area (Å²) in [5.74, 6) is 0.749. The lowest BCUT2D eigenvalue weighted by atomic mass is 10.5. The van der Waals surface area contributed by atoms with Gasteiger partial charge < -0.3 is 4.90 Å². The van der Waals surface area contributed by atoms with Crippen molar-refractivity contribution >= 4 is 18.5 Å². The van der Waals surface area contributed by atoms with E-state index in [1.807, 2.05) is 13.1 Å². The summed E-state index contributed by atoms with van der Waals surface area (Å²) < 4.78 is 0. The average molecular weight is 182 g/mol. The molecule has 0 N–H and O–H groups in total. The lowest BCUT2D eigenvalue weighted by Crippen LogP contribution is -2.17. The molecule has 0 aliphatic carbocycles. The number of hydrogen-bond acceptors (Lipinski definition) is 2. The van der Waals surface area contributed by atoms with Crippen LogP contribution >= 0.6 is 12.6 Å². The Hall–Kier alpha value is -0.960. The van der Waals surface area contributed by atoms with Crippen LogP contribution in [0.2, 0.25) is 0 Å². The molecule has 12 heavy (non-hydrogen) atoms. The standard InChI is InChI=1S/C9H14N2S/c1-5-9(10-4)11(6-2)7-8(3)12/h5-7,12H,1-2H2,3-4H3/b8-7+,10-9-. The summed E-state index contributed by atoms with van der Waals surface area (Å²) >= 11 is 4.15. The van der Waals surface area contributed by atoms with Gasteiger partial charge in [0.05, 0.1) is 0 Å². The molecule has 0 aliphatic rings. The fraction of sp³-hybridized carbons (Fsp3) is 0.222. The van der Waals surface area contributed by atoms with E-state index in [9.17, 15) is 0 Å². The van der Waals surface area contributed by atoms with Gasteiger partial charge in [-0.1, -0.05) is 13.2 Å². The van der Waals surface area contributed by atoms with Gasteiger partial charge in [0.1, 0.15) is 5.84 Å². The largest absolute Gasteiger partial charge is 0.309 e. The maximum absolute atomic E-state index is 4.15. The molecule has 0 saturated heterocycles. The Morgan fingerprint density at radius 3 is 2.33 bits per heavy atom. The molecule has 66 valence electrons. The fourth-order valence-electron chi connectivity index (χ4n) is 0.726. The molecular formula is C9H14N2S. The Kier molecular flexibility index (Phi) is 5.21. The van der Waals surface area contributed by atoms with Crippen molar-refractivity contribution in [3.63, 3.8) is 0 Å². The molecule has 0 aromatic heterocycles. The Labute approximate surface area is 79.4 Å². The molecule has 0 aromatic carbocycles. The summed E-state index contributed by atoms with van der Waals surface area (Å²) in [5, 5.41) is 0.